The number of nitrogens with zero attached hydrogens (tertiary/aromatic N) is 1. The topological polar surface area (TPSA) is 136 Å². The predicted molar refractivity (Wildman–Crippen MR) is 276 cm³/mol. The number of aliphatic hydroxyl groups excluding tert-OH is 1. The smallest absolute Gasteiger partial charge is 0.187 e. The van der Waals surface area contributed by atoms with Gasteiger partial charge < -0.3 is 52.5 Å². The third-order valence-corrected chi connectivity index (χ3v) is 13.0. The van der Waals surface area contributed by atoms with Gasteiger partial charge in [0, 0.05) is 0 Å². The van der Waals surface area contributed by atoms with Gasteiger partial charge in [0.2, 0.25) is 0 Å². The number of hydrogen-bond donors (Lipinski definition) is 1. The molecule has 9 rings (SSSR count). The van der Waals surface area contributed by atoms with E-state index in [4.69, 9.17) is 47.4 Å². The van der Waals surface area contributed by atoms with E-state index in [-0.39, 0.29) is 52.9 Å². The zero-order chi connectivity index (χ0) is 50.6. The van der Waals surface area contributed by atoms with Crippen LogP contribution in [0.25, 0.3) is 0 Å². The fraction of sp³-hybridized carbons (Fsp3) is 0.306. The van der Waals surface area contributed by atoms with Crippen LogP contribution >= 0.6 is 0 Å². The zero-order valence-electron chi connectivity index (χ0n) is 41.2. The summed E-state index contributed by atoms with van der Waals surface area (Å²) in [5.41, 5.74) is 6.76. The van der Waals surface area contributed by atoms with E-state index in [1.807, 2.05) is 200 Å². The van der Waals surface area contributed by atoms with E-state index in [0.29, 0.717) is 17.7 Å². The van der Waals surface area contributed by atoms with Crippen molar-refractivity contribution in [3.8, 4) is 6.07 Å². The lowest BCUT2D eigenvalue weighted by molar-refractivity contribution is -0.374. The maximum atomic E-state index is 12.0. The summed E-state index contributed by atoms with van der Waals surface area (Å²) in [7, 11) is 0. The van der Waals surface area contributed by atoms with E-state index < -0.39 is 61.4 Å². The van der Waals surface area contributed by atoms with Crippen LogP contribution in [0.2, 0.25) is 0 Å². The highest BCUT2D eigenvalue weighted by Gasteiger charge is 2.54. The van der Waals surface area contributed by atoms with Crippen molar-refractivity contribution in [1.82, 2.24) is 0 Å². The Morgan fingerprint density at radius 3 is 1.16 bits per heavy atom. The molecule has 0 aromatic heterocycles. The molecule has 2 fully saturated rings. The molecule has 2 aliphatic heterocycles. The molecule has 0 saturated carbocycles. The molecule has 12 heteroatoms. The van der Waals surface area contributed by atoms with Crippen molar-refractivity contribution in [2.45, 2.75) is 108 Å². The van der Waals surface area contributed by atoms with Crippen LogP contribution in [-0.4, -0.2) is 79.7 Å². The van der Waals surface area contributed by atoms with Gasteiger partial charge in [0.1, 0.15) is 48.8 Å². The maximum Gasteiger partial charge on any atom is 0.187 e. The number of rotatable bonds is 25. The number of nitriles is 1. The first kappa shape index (κ1) is 52.5. The first-order chi connectivity index (χ1) is 36.6. The minimum absolute atomic E-state index is 0.00136. The molecule has 382 valence electrons. The molecule has 2 aliphatic rings. The normalized spacial score (nSPS) is 23.7. The number of hydrogen-bond acceptors (Lipinski definition) is 12. The van der Waals surface area contributed by atoms with Gasteiger partial charge >= 0.3 is 0 Å². The van der Waals surface area contributed by atoms with Crippen molar-refractivity contribution in [3.63, 3.8) is 0 Å². The molecule has 0 radical (unpaired) electrons. The summed E-state index contributed by atoms with van der Waals surface area (Å²) < 4.78 is 68.6. The van der Waals surface area contributed by atoms with Gasteiger partial charge in [0.05, 0.1) is 71.1 Å². The fourth-order valence-electron chi connectivity index (χ4n) is 9.15. The Morgan fingerprint density at radius 1 is 0.365 bits per heavy atom. The Balaban J connectivity index is 1.11. The molecule has 0 unspecified atom stereocenters. The van der Waals surface area contributed by atoms with E-state index in [0.717, 1.165) is 33.4 Å². The fourth-order valence-corrected chi connectivity index (χ4v) is 9.15. The van der Waals surface area contributed by atoms with Crippen LogP contribution in [0.1, 0.15) is 44.5 Å². The minimum atomic E-state index is -1.44. The summed E-state index contributed by atoms with van der Waals surface area (Å²) >= 11 is 0. The van der Waals surface area contributed by atoms with Crippen molar-refractivity contribution in [2.24, 2.45) is 0 Å². The second kappa shape index (κ2) is 27.8. The van der Waals surface area contributed by atoms with Gasteiger partial charge in [-0.3, -0.25) is 0 Å². The van der Waals surface area contributed by atoms with Gasteiger partial charge in [-0.25, -0.2) is 0 Å². The second-order valence-corrected chi connectivity index (χ2v) is 18.3. The summed E-state index contributed by atoms with van der Waals surface area (Å²) in [6.07, 6.45) is -10.0. The Bertz CT molecular complexity index is 2720. The molecule has 12 nitrogen and oxygen atoms in total. The van der Waals surface area contributed by atoms with Crippen LogP contribution < -0.4 is 0 Å². The minimum Gasteiger partial charge on any atom is -0.374 e. The molecule has 7 aromatic carbocycles. The predicted octanol–water partition coefficient (Wildman–Crippen LogP) is 10.0. The van der Waals surface area contributed by atoms with Gasteiger partial charge in [-0.1, -0.05) is 200 Å². The largest absolute Gasteiger partial charge is 0.374 e. The van der Waals surface area contributed by atoms with E-state index >= 15 is 0 Å². The van der Waals surface area contributed by atoms with E-state index in [1.165, 1.54) is 0 Å². The monoisotopic (exact) mass is 997 g/mol. The van der Waals surface area contributed by atoms with Crippen molar-refractivity contribution in [2.75, 3.05) is 13.2 Å². The van der Waals surface area contributed by atoms with Gasteiger partial charge in [0.25, 0.3) is 0 Å². The second-order valence-electron chi connectivity index (χ2n) is 18.3. The van der Waals surface area contributed by atoms with Crippen molar-refractivity contribution >= 4 is 0 Å². The summed E-state index contributed by atoms with van der Waals surface area (Å²) in [6, 6.07) is 68.7. The zero-order valence-corrected chi connectivity index (χ0v) is 41.2. The molecule has 10 atom stereocenters. The molecular formula is C62H63NO11. The van der Waals surface area contributed by atoms with Crippen LogP contribution in [0.3, 0.4) is 0 Å². The summed E-state index contributed by atoms with van der Waals surface area (Å²) in [4.78, 5) is 0. The molecule has 0 amide bonds. The quantitative estimate of drug-likeness (QED) is 0.0584. The van der Waals surface area contributed by atoms with Gasteiger partial charge in [0.15, 0.2) is 12.6 Å². The van der Waals surface area contributed by atoms with Crippen LogP contribution in [0.15, 0.2) is 206 Å². The summed E-state index contributed by atoms with van der Waals surface area (Å²) in [5, 5.41) is 22.2. The van der Waals surface area contributed by atoms with E-state index in [2.05, 4.69) is 6.07 Å². The van der Waals surface area contributed by atoms with Crippen LogP contribution in [0.5, 0.6) is 0 Å². The molecule has 74 heavy (non-hydrogen) atoms. The molecule has 1 N–H and O–H groups in total. The Morgan fingerprint density at radius 2 is 0.716 bits per heavy atom. The number of aliphatic hydroxyl groups is 1. The Labute approximate surface area is 433 Å². The summed E-state index contributed by atoms with van der Waals surface area (Å²) in [5.74, 6) is 0. The first-order valence-corrected chi connectivity index (χ1v) is 25.2. The highest BCUT2D eigenvalue weighted by molar-refractivity contribution is 5.37. The van der Waals surface area contributed by atoms with Gasteiger partial charge in [-0.05, 0) is 45.0 Å². The lowest BCUT2D eigenvalue weighted by Crippen LogP contribution is -2.66. The lowest BCUT2D eigenvalue weighted by atomic mass is 9.95. The van der Waals surface area contributed by atoms with Crippen molar-refractivity contribution < 1.29 is 52.5 Å². The number of ether oxygens (including phenoxy) is 10. The molecule has 0 spiro atoms. The molecule has 2 saturated heterocycles. The highest BCUT2D eigenvalue weighted by atomic mass is 16.8. The molecule has 0 aliphatic carbocycles. The van der Waals surface area contributed by atoms with Crippen LogP contribution in [0, 0.1) is 11.3 Å². The van der Waals surface area contributed by atoms with E-state index in [9.17, 15) is 10.4 Å². The van der Waals surface area contributed by atoms with Crippen molar-refractivity contribution in [3.05, 3.63) is 251 Å². The third-order valence-electron chi connectivity index (χ3n) is 13.0. The van der Waals surface area contributed by atoms with E-state index in [1.54, 1.807) is 6.07 Å². The molecule has 2 heterocycles. The first-order valence-electron chi connectivity index (χ1n) is 25.2. The van der Waals surface area contributed by atoms with Gasteiger partial charge in [-0.15, -0.1) is 0 Å². The van der Waals surface area contributed by atoms with Crippen molar-refractivity contribution in [1.29, 1.82) is 5.26 Å². The van der Waals surface area contributed by atoms with Crippen LogP contribution in [-0.2, 0) is 93.6 Å². The standard InChI is InChI=1S/C62H63NO11/c63-35-51-33-19-20-34-52(51)42-71-60-57(68-39-48-27-13-4-14-28-48)55(67-38-47-25-11-3-12-26-47)53(43-65-36-45-21-7-1-8-22-45)73-62(60)74-56-54(44-66-37-46-23-9-2-10-24-46)72-61(64)59(70-41-50-31-17-6-18-32-50)58(56)69-40-49-29-15-5-16-30-49/h1-34,53-62,64H,36-44H2/t53-,54-,55-,56-,57+,58+,59-,60-,61+,62-/m1/s1. The Hall–Kier alpha value is -6.41. The highest BCUT2D eigenvalue weighted by Crippen LogP contribution is 2.36. The number of benzene rings is 7. The maximum absolute atomic E-state index is 12.0. The average molecular weight is 998 g/mol. The molecule has 0 bridgehead atoms. The molecule has 7 aromatic rings. The SMILES string of the molecule is N#Cc1ccccc1CO[C@H]1[C@@H](O[C@H]2[C@H](OCc3ccccc3)[C@@H](OCc3ccccc3)[C@@H](O)O[C@@H]2COCc2ccccc2)O[C@H](COCc2ccccc2)[C@@H](OCc2ccccc2)[C@@H]1OCc1ccccc1. The van der Waals surface area contributed by atoms with Crippen LogP contribution in [0.4, 0.5) is 0 Å². The molecular weight excluding hydrogens is 935 g/mol. The van der Waals surface area contributed by atoms with Gasteiger partial charge in [-0.2, -0.15) is 5.26 Å². The third kappa shape index (κ3) is 14.9. The Kier molecular flexibility index (Phi) is 19.7. The average Bonchev–Trinajstić information content (AvgIpc) is 3.46. The summed E-state index contributed by atoms with van der Waals surface area (Å²) in [6.45, 7) is 1.41. The lowest BCUT2D eigenvalue weighted by Gasteiger charge is -2.49.